The van der Waals surface area contributed by atoms with Gasteiger partial charge < -0.3 is 20.1 Å². The fourth-order valence-corrected chi connectivity index (χ4v) is 3.14. The molecule has 1 amide bonds. The quantitative estimate of drug-likeness (QED) is 0.875. The molecule has 0 aliphatic carbocycles. The number of morpholine rings is 1. The van der Waals surface area contributed by atoms with Crippen molar-refractivity contribution >= 4 is 18.3 Å². The Morgan fingerprint density at radius 2 is 2.04 bits per heavy atom. The normalized spacial score (nSPS) is 27.7. The monoisotopic (exact) mass is 340 g/mol. The van der Waals surface area contributed by atoms with Gasteiger partial charge in [-0.05, 0) is 18.4 Å². The maximum absolute atomic E-state index is 12.2. The molecule has 0 spiro atoms. The predicted molar refractivity (Wildman–Crippen MR) is 90.7 cm³/mol. The molecule has 0 bridgehead atoms. The molecular formula is C17H25ClN2O3. The standard InChI is InChI=1S/C17H24N2O3.ClH/c20-17(15-12-18-8-10-21-15)19-11-14-7-4-9-22-16(14)13-5-2-1-3-6-13;/h1-3,5-6,14-16,18H,4,7-12H2,(H,19,20);1H. The van der Waals surface area contributed by atoms with Gasteiger partial charge in [-0.3, -0.25) is 4.79 Å². The second-order valence-corrected chi connectivity index (χ2v) is 5.91. The lowest BCUT2D eigenvalue weighted by atomic mass is 9.89. The zero-order valence-corrected chi connectivity index (χ0v) is 14.0. The number of ether oxygens (including phenoxy) is 2. The second kappa shape index (κ2) is 9.23. The molecule has 0 aromatic heterocycles. The zero-order valence-electron chi connectivity index (χ0n) is 13.2. The number of rotatable bonds is 4. The predicted octanol–water partition coefficient (Wildman–Crippen LogP) is 1.68. The maximum Gasteiger partial charge on any atom is 0.250 e. The molecule has 2 saturated heterocycles. The largest absolute Gasteiger partial charge is 0.373 e. The van der Waals surface area contributed by atoms with Crippen LogP contribution in [0.3, 0.4) is 0 Å². The molecule has 1 aromatic carbocycles. The van der Waals surface area contributed by atoms with Gasteiger partial charge in [0, 0.05) is 32.2 Å². The number of benzene rings is 1. The van der Waals surface area contributed by atoms with Crippen LogP contribution in [0, 0.1) is 5.92 Å². The maximum atomic E-state index is 12.2. The fourth-order valence-electron chi connectivity index (χ4n) is 3.14. The number of hydrogen-bond acceptors (Lipinski definition) is 4. The fraction of sp³-hybridized carbons (Fsp3) is 0.588. The van der Waals surface area contributed by atoms with Crippen LogP contribution >= 0.6 is 12.4 Å². The van der Waals surface area contributed by atoms with Crippen LogP contribution in [0.1, 0.15) is 24.5 Å². The molecule has 6 heteroatoms. The van der Waals surface area contributed by atoms with Gasteiger partial charge in [0.05, 0.1) is 12.7 Å². The molecule has 2 fully saturated rings. The van der Waals surface area contributed by atoms with Gasteiger partial charge in [0.25, 0.3) is 0 Å². The van der Waals surface area contributed by atoms with Crippen LogP contribution in [0.15, 0.2) is 30.3 Å². The van der Waals surface area contributed by atoms with Crippen molar-refractivity contribution in [1.82, 2.24) is 10.6 Å². The highest BCUT2D eigenvalue weighted by Crippen LogP contribution is 2.33. The van der Waals surface area contributed by atoms with E-state index in [9.17, 15) is 4.79 Å². The number of carbonyl (C=O) groups excluding carboxylic acids is 1. The van der Waals surface area contributed by atoms with Gasteiger partial charge in [0.1, 0.15) is 6.10 Å². The summed E-state index contributed by atoms with van der Waals surface area (Å²) in [7, 11) is 0. The van der Waals surface area contributed by atoms with Crippen molar-refractivity contribution in [2.24, 2.45) is 5.92 Å². The Balaban J connectivity index is 0.00000192. The van der Waals surface area contributed by atoms with Crippen LogP contribution in [-0.2, 0) is 14.3 Å². The molecule has 1 aromatic rings. The third-order valence-electron chi connectivity index (χ3n) is 4.33. The molecule has 128 valence electrons. The third kappa shape index (κ3) is 4.91. The molecule has 23 heavy (non-hydrogen) atoms. The summed E-state index contributed by atoms with van der Waals surface area (Å²) in [5.74, 6) is 0.293. The molecule has 2 aliphatic heterocycles. The summed E-state index contributed by atoms with van der Waals surface area (Å²) >= 11 is 0. The number of halogens is 1. The van der Waals surface area contributed by atoms with Gasteiger partial charge in [0.15, 0.2) is 0 Å². The van der Waals surface area contributed by atoms with Crippen LogP contribution < -0.4 is 10.6 Å². The second-order valence-electron chi connectivity index (χ2n) is 5.91. The minimum Gasteiger partial charge on any atom is -0.373 e. The molecule has 5 nitrogen and oxygen atoms in total. The van der Waals surface area contributed by atoms with Crippen LogP contribution in [0.25, 0.3) is 0 Å². The highest BCUT2D eigenvalue weighted by molar-refractivity contribution is 5.85. The van der Waals surface area contributed by atoms with Crippen molar-refractivity contribution < 1.29 is 14.3 Å². The summed E-state index contributed by atoms with van der Waals surface area (Å²) in [4.78, 5) is 12.2. The summed E-state index contributed by atoms with van der Waals surface area (Å²) in [6.07, 6.45) is 1.82. The molecular weight excluding hydrogens is 316 g/mol. The minimum absolute atomic E-state index is 0. The van der Waals surface area contributed by atoms with Crippen molar-refractivity contribution in [1.29, 1.82) is 0 Å². The van der Waals surface area contributed by atoms with E-state index >= 15 is 0 Å². The van der Waals surface area contributed by atoms with E-state index in [4.69, 9.17) is 9.47 Å². The van der Waals surface area contributed by atoms with E-state index in [2.05, 4.69) is 22.8 Å². The van der Waals surface area contributed by atoms with Crippen molar-refractivity contribution in [2.75, 3.05) is 32.8 Å². The summed E-state index contributed by atoms with van der Waals surface area (Å²) in [6.45, 7) is 3.43. The van der Waals surface area contributed by atoms with E-state index in [0.717, 1.165) is 26.0 Å². The summed E-state index contributed by atoms with van der Waals surface area (Å²) in [6, 6.07) is 10.3. The average molecular weight is 341 g/mol. The summed E-state index contributed by atoms with van der Waals surface area (Å²) in [5, 5.41) is 6.22. The molecule has 0 radical (unpaired) electrons. The number of carbonyl (C=O) groups is 1. The Bertz CT molecular complexity index is 480. The van der Waals surface area contributed by atoms with Crippen LogP contribution in [-0.4, -0.2) is 44.9 Å². The van der Waals surface area contributed by atoms with Gasteiger partial charge in [-0.2, -0.15) is 0 Å². The molecule has 3 atom stereocenters. The smallest absolute Gasteiger partial charge is 0.250 e. The van der Waals surface area contributed by atoms with E-state index in [0.29, 0.717) is 25.6 Å². The first kappa shape index (κ1) is 18.2. The summed E-state index contributed by atoms with van der Waals surface area (Å²) < 4.78 is 11.4. The van der Waals surface area contributed by atoms with E-state index in [1.807, 2.05) is 18.2 Å². The Morgan fingerprint density at radius 1 is 1.22 bits per heavy atom. The number of hydrogen-bond donors (Lipinski definition) is 2. The lowest BCUT2D eigenvalue weighted by Gasteiger charge is -2.33. The zero-order chi connectivity index (χ0) is 15.2. The Labute approximate surface area is 143 Å². The van der Waals surface area contributed by atoms with E-state index < -0.39 is 0 Å². The van der Waals surface area contributed by atoms with Crippen molar-refractivity contribution in [2.45, 2.75) is 25.0 Å². The van der Waals surface area contributed by atoms with Crippen LogP contribution in [0.2, 0.25) is 0 Å². The molecule has 3 rings (SSSR count). The minimum atomic E-state index is -0.367. The topological polar surface area (TPSA) is 59.6 Å². The first-order valence-corrected chi connectivity index (χ1v) is 8.11. The van der Waals surface area contributed by atoms with Gasteiger partial charge in [-0.15, -0.1) is 12.4 Å². The SMILES string of the molecule is Cl.O=C(NCC1CCCOC1c1ccccc1)C1CNCCO1. The van der Waals surface area contributed by atoms with Gasteiger partial charge >= 0.3 is 0 Å². The van der Waals surface area contributed by atoms with Gasteiger partial charge in [0.2, 0.25) is 5.91 Å². The summed E-state index contributed by atoms with van der Waals surface area (Å²) in [5.41, 5.74) is 1.19. The van der Waals surface area contributed by atoms with Gasteiger partial charge in [-0.1, -0.05) is 30.3 Å². The highest BCUT2D eigenvalue weighted by atomic mass is 35.5. The van der Waals surface area contributed by atoms with Crippen LogP contribution in [0.5, 0.6) is 0 Å². The Kier molecular flexibility index (Phi) is 7.30. The lowest BCUT2D eigenvalue weighted by Crippen LogP contribution is -2.49. The van der Waals surface area contributed by atoms with E-state index in [1.54, 1.807) is 0 Å². The van der Waals surface area contributed by atoms with Crippen molar-refractivity contribution in [3.05, 3.63) is 35.9 Å². The van der Waals surface area contributed by atoms with E-state index in [1.165, 1.54) is 5.56 Å². The Morgan fingerprint density at radius 3 is 2.78 bits per heavy atom. The first-order chi connectivity index (χ1) is 10.8. The van der Waals surface area contributed by atoms with Crippen molar-refractivity contribution in [3.8, 4) is 0 Å². The van der Waals surface area contributed by atoms with Gasteiger partial charge in [-0.25, -0.2) is 0 Å². The highest BCUT2D eigenvalue weighted by Gasteiger charge is 2.29. The number of nitrogens with one attached hydrogen (secondary N) is 2. The average Bonchev–Trinajstić information content (AvgIpc) is 2.61. The Hall–Kier alpha value is -1.14. The lowest BCUT2D eigenvalue weighted by molar-refractivity contribution is -0.135. The van der Waals surface area contributed by atoms with E-state index in [-0.39, 0.29) is 30.5 Å². The molecule has 2 aliphatic rings. The molecule has 0 saturated carbocycles. The molecule has 2 N–H and O–H groups in total. The first-order valence-electron chi connectivity index (χ1n) is 8.11. The van der Waals surface area contributed by atoms with Crippen LogP contribution in [0.4, 0.5) is 0 Å². The number of amides is 1. The molecule has 2 heterocycles. The third-order valence-corrected chi connectivity index (χ3v) is 4.33. The van der Waals surface area contributed by atoms with Crippen molar-refractivity contribution in [3.63, 3.8) is 0 Å². The molecule has 3 unspecified atom stereocenters.